The molecule has 4 saturated heterocycles. The summed E-state index contributed by atoms with van der Waals surface area (Å²) in [5, 5.41) is 16.4. The molecule has 8 heteroatoms. The van der Waals surface area contributed by atoms with Crippen molar-refractivity contribution in [1.29, 1.82) is 0 Å². The fourth-order valence-electron chi connectivity index (χ4n) is 8.01. The van der Waals surface area contributed by atoms with Gasteiger partial charge < -0.3 is 20.1 Å². The van der Waals surface area contributed by atoms with Crippen LogP contribution in [0.3, 0.4) is 0 Å². The van der Waals surface area contributed by atoms with Gasteiger partial charge in [-0.2, -0.15) is 0 Å². The Labute approximate surface area is 239 Å². The van der Waals surface area contributed by atoms with Crippen LogP contribution in [0, 0.1) is 6.92 Å². The summed E-state index contributed by atoms with van der Waals surface area (Å²) in [6.07, 6.45) is 6.08. The highest BCUT2D eigenvalue weighted by molar-refractivity contribution is 6.01. The van der Waals surface area contributed by atoms with Crippen molar-refractivity contribution in [1.82, 2.24) is 20.2 Å². The average molecular weight is 554 g/mol. The van der Waals surface area contributed by atoms with Crippen molar-refractivity contribution in [2.45, 2.75) is 62.8 Å². The second kappa shape index (κ2) is 9.53. The van der Waals surface area contributed by atoms with Crippen LogP contribution >= 0.6 is 0 Å². The number of hydrogen-bond acceptors (Lipinski definition) is 7. The van der Waals surface area contributed by atoms with E-state index in [4.69, 9.17) is 14.7 Å². The predicted octanol–water partition coefficient (Wildman–Crippen LogP) is 5.36. The van der Waals surface area contributed by atoms with E-state index in [9.17, 15) is 9.50 Å². The summed E-state index contributed by atoms with van der Waals surface area (Å²) in [4.78, 5) is 14.7. The minimum Gasteiger partial charge on any atom is -0.508 e. The molecule has 4 aliphatic rings. The van der Waals surface area contributed by atoms with E-state index < -0.39 is 6.17 Å². The summed E-state index contributed by atoms with van der Waals surface area (Å²) >= 11 is 0. The molecule has 2 aromatic heterocycles. The van der Waals surface area contributed by atoms with Gasteiger partial charge in [-0.25, -0.2) is 9.37 Å². The SMILES string of the molecule is Cc1cccc2cc(O)cc(-c3cnc4c(N5CC6CCC(C5)N6)cc(OC[C@@]56CCCN5C[C@H](F)C6)nc4c3)c12. The van der Waals surface area contributed by atoms with Crippen molar-refractivity contribution < 1.29 is 14.2 Å². The number of ether oxygens (including phenoxy) is 1. The van der Waals surface area contributed by atoms with Gasteiger partial charge in [0.1, 0.15) is 24.0 Å². The Balaban J connectivity index is 1.23. The number of pyridine rings is 2. The Morgan fingerprint density at radius 2 is 1.98 bits per heavy atom. The maximum atomic E-state index is 14.4. The number of aromatic hydroxyl groups is 1. The second-order valence-electron chi connectivity index (χ2n) is 12.6. The van der Waals surface area contributed by atoms with E-state index in [1.165, 1.54) is 12.8 Å². The highest BCUT2D eigenvalue weighted by Crippen LogP contribution is 2.42. The number of phenols is 1. The minimum absolute atomic E-state index is 0.225. The largest absolute Gasteiger partial charge is 0.508 e. The Hall–Kier alpha value is -3.49. The zero-order chi connectivity index (χ0) is 27.7. The molecule has 6 heterocycles. The number of anilines is 1. The van der Waals surface area contributed by atoms with E-state index in [0.29, 0.717) is 37.5 Å². The molecule has 212 valence electrons. The molecular weight excluding hydrogens is 517 g/mol. The van der Waals surface area contributed by atoms with Crippen molar-refractivity contribution in [3.05, 3.63) is 54.2 Å². The van der Waals surface area contributed by atoms with Gasteiger partial charge >= 0.3 is 0 Å². The number of alkyl halides is 1. The number of hydrogen-bond donors (Lipinski definition) is 2. The second-order valence-corrected chi connectivity index (χ2v) is 12.6. The normalized spacial score (nSPS) is 27.7. The van der Waals surface area contributed by atoms with Crippen LogP contribution in [0.15, 0.2) is 48.7 Å². The summed E-state index contributed by atoms with van der Waals surface area (Å²) in [6, 6.07) is 14.8. The zero-order valence-corrected chi connectivity index (χ0v) is 23.4. The molecule has 0 aliphatic carbocycles. The lowest BCUT2D eigenvalue weighted by Gasteiger charge is -2.35. The highest BCUT2D eigenvalue weighted by Gasteiger charge is 2.49. The summed E-state index contributed by atoms with van der Waals surface area (Å²) in [6.45, 7) is 5.84. The summed E-state index contributed by atoms with van der Waals surface area (Å²) in [7, 11) is 0. The molecule has 2 unspecified atom stereocenters. The first kappa shape index (κ1) is 25.2. The fourth-order valence-corrected chi connectivity index (χ4v) is 8.01. The van der Waals surface area contributed by atoms with E-state index in [1.54, 1.807) is 6.07 Å². The van der Waals surface area contributed by atoms with Gasteiger partial charge in [-0.1, -0.05) is 18.2 Å². The number of fused-ring (bicyclic) bond motifs is 5. The maximum Gasteiger partial charge on any atom is 0.216 e. The van der Waals surface area contributed by atoms with Gasteiger partial charge in [0.05, 0.1) is 16.7 Å². The highest BCUT2D eigenvalue weighted by atomic mass is 19.1. The Morgan fingerprint density at radius 3 is 2.83 bits per heavy atom. The predicted molar refractivity (Wildman–Crippen MR) is 160 cm³/mol. The van der Waals surface area contributed by atoms with Crippen molar-refractivity contribution in [3.63, 3.8) is 0 Å². The number of nitrogens with zero attached hydrogens (tertiary/aromatic N) is 4. The van der Waals surface area contributed by atoms with Crippen LogP contribution in [-0.2, 0) is 0 Å². The molecule has 4 aromatic rings. The summed E-state index contributed by atoms with van der Waals surface area (Å²) in [5.74, 6) is 0.793. The van der Waals surface area contributed by atoms with Crippen molar-refractivity contribution in [2.75, 3.05) is 37.7 Å². The van der Waals surface area contributed by atoms with E-state index in [-0.39, 0.29) is 11.3 Å². The van der Waals surface area contributed by atoms with Crippen LogP contribution < -0.4 is 15.0 Å². The molecule has 0 saturated carbocycles. The quantitative estimate of drug-likeness (QED) is 0.345. The topological polar surface area (TPSA) is 73.8 Å². The Bertz CT molecular complexity index is 1650. The third-order valence-electron chi connectivity index (χ3n) is 9.89. The number of rotatable bonds is 5. The molecule has 0 amide bonds. The number of phenolic OH excluding ortho intramolecular Hbond substituents is 1. The Kier molecular flexibility index (Phi) is 5.87. The summed E-state index contributed by atoms with van der Waals surface area (Å²) in [5.41, 5.74) is 5.41. The van der Waals surface area contributed by atoms with Crippen LogP contribution in [0.2, 0.25) is 0 Å². The van der Waals surface area contributed by atoms with Gasteiger partial charge in [0.15, 0.2) is 0 Å². The first-order valence-corrected chi connectivity index (χ1v) is 15.0. The molecule has 2 aromatic carbocycles. The fraction of sp³-hybridized carbons (Fsp3) is 0.455. The summed E-state index contributed by atoms with van der Waals surface area (Å²) < 4.78 is 20.9. The van der Waals surface area contributed by atoms with E-state index >= 15 is 0 Å². The third-order valence-corrected chi connectivity index (χ3v) is 9.89. The van der Waals surface area contributed by atoms with Gasteiger partial charge in [0.25, 0.3) is 0 Å². The monoisotopic (exact) mass is 553 g/mol. The molecule has 2 bridgehead atoms. The molecule has 7 nitrogen and oxygen atoms in total. The molecular formula is C33H36FN5O2. The van der Waals surface area contributed by atoms with E-state index in [0.717, 1.165) is 76.7 Å². The standard InChI is InChI=1S/C33H36FN5O2/c1-20-4-2-5-21-10-26(40)12-27(31(20)21)22-11-28-32(35-15-22)29(38-17-24-6-7-25(18-38)36-24)13-30(37-28)41-19-33-8-3-9-39(33)16-23(34)14-33/h2,4-5,10-13,15,23-25,36,40H,3,6-9,14,16-19H2,1H3/t23-,24?,25?,33+/m1/s1. The van der Waals surface area contributed by atoms with Gasteiger partial charge in [0, 0.05) is 56.0 Å². The van der Waals surface area contributed by atoms with Crippen molar-refractivity contribution in [2.24, 2.45) is 0 Å². The lowest BCUT2D eigenvalue weighted by molar-refractivity contribution is 0.111. The van der Waals surface area contributed by atoms with Crippen LogP contribution in [0.25, 0.3) is 32.9 Å². The van der Waals surface area contributed by atoms with Crippen LogP contribution in [0.5, 0.6) is 11.6 Å². The van der Waals surface area contributed by atoms with E-state index in [2.05, 4.69) is 34.2 Å². The van der Waals surface area contributed by atoms with Crippen molar-refractivity contribution >= 4 is 27.5 Å². The average Bonchev–Trinajstić information content (AvgIpc) is 3.61. The molecule has 41 heavy (non-hydrogen) atoms. The molecule has 2 N–H and O–H groups in total. The van der Waals surface area contributed by atoms with Crippen LogP contribution in [0.1, 0.15) is 37.7 Å². The lowest BCUT2D eigenvalue weighted by atomic mass is 9.95. The molecule has 8 rings (SSSR count). The number of piperazine rings is 1. The number of nitrogens with one attached hydrogen (secondary N) is 1. The van der Waals surface area contributed by atoms with Crippen molar-refractivity contribution in [3.8, 4) is 22.8 Å². The Morgan fingerprint density at radius 1 is 1.12 bits per heavy atom. The van der Waals surface area contributed by atoms with Crippen LogP contribution in [-0.4, -0.2) is 76.6 Å². The molecule has 4 atom stereocenters. The molecule has 4 aliphatic heterocycles. The molecule has 4 fully saturated rings. The lowest BCUT2D eigenvalue weighted by Crippen LogP contribution is -2.51. The number of benzene rings is 2. The minimum atomic E-state index is -0.789. The molecule has 0 spiro atoms. The third kappa shape index (κ3) is 4.30. The van der Waals surface area contributed by atoms with Gasteiger partial charge in [-0.15, -0.1) is 0 Å². The van der Waals surface area contributed by atoms with Gasteiger partial charge in [0.2, 0.25) is 5.88 Å². The first-order chi connectivity index (χ1) is 19.9. The zero-order valence-electron chi connectivity index (χ0n) is 23.4. The van der Waals surface area contributed by atoms with Gasteiger partial charge in [-0.3, -0.25) is 9.88 Å². The maximum absolute atomic E-state index is 14.4. The number of aryl methyl sites for hydroxylation is 1. The smallest absolute Gasteiger partial charge is 0.216 e. The number of halogens is 1. The van der Waals surface area contributed by atoms with Gasteiger partial charge in [-0.05, 0) is 79.3 Å². The van der Waals surface area contributed by atoms with Crippen LogP contribution in [0.4, 0.5) is 10.1 Å². The number of aromatic nitrogens is 2. The molecule has 0 radical (unpaired) electrons. The van der Waals surface area contributed by atoms with E-state index in [1.807, 2.05) is 30.5 Å². The first-order valence-electron chi connectivity index (χ1n) is 15.0.